The van der Waals surface area contributed by atoms with Gasteiger partial charge in [-0.25, -0.2) is 0 Å². The molecular weight excluding hydrogens is 248 g/mol. The van der Waals surface area contributed by atoms with Gasteiger partial charge in [-0.2, -0.15) is 8.78 Å². The highest BCUT2D eigenvalue weighted by atomic mass is 19.3. The number of halogens is 2. The molecule has 7 heteroatoms. The molecule has 0 radical (unpaired) electrons. The molecule has 0 aliphatic heterocycles. The average Bonchev–Trinajstić information content (AvgIpc) is 2.28. The van der Waals surface area contributed by atoms with Gasteiger partial charge >= 0.3 is 12.6 Å². The molecule has 0 saturated heterocycles. The lowest BCUT2D eigenvalue weighted by atomic mass is 10.0. The number of hydrogen-bond acceptors (Lipinski definition) is 3. The maximum Gasteiger partial charge on any atom is 0.387 e. The van der Waals surface area contributed by atoms with Gasteiger partial charge in [0.1, 0.15) is 5.75 Å². The number of carboxylic acid groups (broad SMARTS) is 1. The molecule has 5 nitrogen and oxygen atoms in total. The van der Waals surface area contributed by atoms with Gasteiger partial charge in [-0.05, 0) is 6.07 Å². The van der Waals surface area contributed by atoms with Gasteiger partial charge in [-0.1, -0.05) is 18.2 Å². The number of hydrogen-bond donors (Lipinski definition) is 2. The quantitative estimate of drug-likeness (QED) is 0.728. The van der Waals surface area contributed by atoms with Gasteiger partial charge < -0.3 is 15.2 Å². The standard InChI is InChI=1S/C11H11F2NO4/c12-11(13)18-9-4-2-1-3-7(9)8(14-6-15)5-10(16)17/h1-4,6,8,11H,5H2,(H,14,15)(H,16,17)/t8-/m0/s1. The number of carbonyl (C=O) groups excluding carboxylic acids is 1. The van der Waals surface area contributed by atoms with E-state index in [0.717, 1.165) is 0 Å². The summed E-state index contributed by atoms with van der Waals surface area (Å²) in [7, 11) is 0. The average molecular weight is 259 g/mol. The lowest BCUT2D eigenvalue weighted by Crippen LogP contribution is -2.23. The summed E-state index contributed by atoms with van der Waals surface area (Å²) in [6.45, 7) is -3.02. The Balaban J connectivity index is 3.01. The third kappa shape index (κ3) is 4.00. The van der Waals surface area contributed by atoms with E-state index in [9.17, 15) is 18.4 Å². The predicted molar refractivity (Wildman–Crippen MR) is 57.3 cm³/mol. The number of rotatable bonds is 7. The molecule has 0 heterocycles. The zero-order valence-corrected chi connectivity index (χ0v) is 9.18. The summed E-state index contributed by atoms with van der Waals surface area (Å²) in [5, 5.41) is 11.0. The monoisotopic (exact) mass is 259 g/mol. The number of amides is 1. The van der Waals surface area contributed by atoms with Gasteiger partial charge in [0.25, 0.3) is 0 Å². The van der Waals surface area contributed by atoms with E-state index in [4.69, 9.17) is 5.11 Å². The fraction of sp³-hybridized carbons (Fsp3) is 0.273. The lowest BCUT2D eigenvalue weighted by Gasteiger charge is -2.18. The van der Waals surface area contributed by atoms with Crippen molar-refractivity contribution in [2.24, 2.45) is 0 Å². The first kappa shape index (κ1) is 13.9. The molecule has 0 unspecified atom stereocenters. The van der Waals surface area contributed by atoms with E-state index in [-0.39, 0.29) is 11.3 Å². The van der Waals surface area contributed by atoms with Gasteiger partial charge in [0.15, 0.2) is 0 Å². The molecule has 1 atom stereocenters. The summed E-state index contributed by atoms with van der Waals surface area (Å²) in [4.78, 5) is 21.1. The highest BCUT2D eigenvalue weighted by Crippen LogP contribution is 2.28. The Morgan fingerprint density at radius 2 is 2.11 bits per heavy atom. The highest BCUT2D eigenvalue weighted by molar-refractivity contribution is 5.69. The number of carboxylic acids is 1. The summed E-state index contributed by atoms with van der Waals surface area (Å²) < 4.78 is 28.6. The molecule has 1 aromatic rings. The van der Waals surface area contributed by atoms with E-state index < -0.39 is 25.0 Å². The van der Waals surface area contributed by atoms with Crippen LogP contribution in [0.4, 0.5) is 8.78 Å². The maximum atomic E-state index is 12.2. The van der Waals surface area contributed by atoms with Crippen molar-refractivity contribution in [2.75, 3.05) is 0 Å². The smallest absolute Gasteiger partial charge is 0.387 e. The van der Waals surface area contributed by atoms with Crippen LogP contribution in [-0.2, 0) is 9.59 Å². The summed E-state index contributed by atoms with van der Waals surface area (Å²) in [5.41, 5.74) is 0.187. The van der Waals surface area contributed by atoms with Crippen LogP contribution in [0.3, 0.4) is 0 Å². The normalized spacial score (nSPS) is 11.9. The van der Waals surface area contributed by atoms with E-state index >= 15 is 0 Å². The van der Waals surface area contributed by atoms with Crippen LogP contribution in [-0.4, -0.2) is 24.1 Å². The third-order valence-corrected chi connectivity index (χ3v) is 2.16. The van der Waals surface area contributed by atoms with Crippen LogP contribution in [0.1, 0.15) is 18.0 Å². The second kappa shape index (κ2) is 6.53. The zero-order valence-electron chi connectivity index (χ0n) is 9.18. The molecule has 0 aliphatic rings. The SMILES string of the molecule is O=CN[C@@H](CC(=O)O)c1ccccc1OC(F)F. The van der Waals surface area contributed by atoms with Crippen molar-refractivity contribution >= 4 is 12.4 Å². The first-order chi connectivity index (χ1) is 8.54. The first-order valence-corrected chi connectivity index (χ1v) is 4.99. The molecule has 18 heavy (non-hydrogen) atoms. The van der Waals surface area contributed by atoms with Crippen LogP contribution in [0.2, 0.25) is 0 Å². The Morgan fingerprint density at radius 3 is 2.67 bits per heavy atom. The van der Waals surface area contributed by atoms with Crippen molar-refractivity contribution in [3.8, 4) is 5.75 Å². The van der Waals surface area contributed by atoms with Gasteiger partial charge in [0.2, 0.25) is 6.41 Å². The number of aliphatic carboxylic acids is 1. The molecule has 1 amide bonds. The molecule has 0 spiro atoms. The minimum absolute atomic E-state index is 0.159. The summed E-state index contributed by atoms with van der Waals surface area (Å²) in [5.74, 6) is -1.32. The second-order valence-electron chi connectivity index (χ2n) is 3.35. The molecule has 1 rings (SSSR count). The van der Waals surface area contributed by atoms with Gasteiger partial charge in [-0.3, -0.25) is 9.59 Å². The fourth-order valence-corrected chi connectivity index (χ4v) is 1.49. The number of ether oxygens (including phenoxy) is 1. The number of carbonyl (C=O) groups is 2. The maximum absolute atomic E-state index is 12.2. The Kier molecular flexibility index (Phi) is 5.04. The number of benzene rings is 1. The Bertz CT molecular complexity index is 425. The minimum atomic E-state index is -3.02. The van der Waals surface area contributed by atoms with Crippen molar-refractivity contribution in [3.05, 3.63) is 29.8 Å². The summed E-state index contributed by atoms with van der Waals surface area (Å²) in [6.07, 6.45) is -0.116. The summed E-state index contributed by atoms with van der Waals surface area (Å²) >= 11 is 0. The van der Waals surface area contributed by atoms with E-state index in [0.29, 0.717) is 6.41 Å². The molecule has 0 saturated carbocycles. The van der Waals surface area contributed by atoms with Crippen molar-refractivity contribution in [2.45, 2.75) is 19.1 Å². The van der Waals surface area contributed by atoms with E-state index in [2.05, 4.69) is 10.1 Å². The van der Waals surface area contributed by atoms with Crippen LogP contribution in [0.5, 0.6) is 5.75 Å². The first-order valence-electron chi connectivity index (χ1n) is 4.99. The van der Waals surface area contributed by atoms with Crippen molar-refractivity contribution in [1.82, 2.24) is 5.32 Å². The van der Waals surface area contributed by atoms with Crippen molar-refractivity contribution in [1.29, 1.82) is 0 Å². The van der Waals surface area contributed by atoms with Gasteiger partial charge in [0, 0.05) is 5.56 Å². The lowest BCUT2D eigenvalue weighted by molar-refractivity contribution is -0.137. The molecule has 0 fully saturated rings. The largest absolute Gasteiger partial charge is 0.481 e. The van der Waals surface area contributed by atoms with Crippen LogP contribution in [0.15, 0.2) is 24.3 Å². The molecule has 2 N–H and O–H groups in total. The Hall–Kier alpha value is -2.18. The van der Waals surface area contributed by atoms with Crippen LogP contribution in [0, 0.1) is 0 Å². The second-order valence-corrected chi connectivity index (χ2v) is 3.35. The summed E-state index contributed by atoms with van der Waals surface area (Å²) in [6, 6.07) is 4.79. The molecule has 0 bridgehead atoms. The number of nitrogens with one attached hydrogen (secondary N) is 1. The minimum Gasteiger partial charge on any atom is -0.481 e. The zero-order chi connectivity index (χ0) is 13.5. The molecular formula is C11H11F2NO4. The molecule has 0 aliphatic carbocycles. The van der Waals surface area contributed by atoms with Crippen LogP contribution >= 0.6 is 0 Å². The molecule has 98 valence electrons. The predicted octanol–water partition coefficient (Wildman–Crippen LogP) is 1.55. The van der Waals surface area contributed by atoms with Crippen LogP contribution in [0.25, 0.3) is 0 Å². The van der Waals surface area contributed by atoms with Crippen molar-refractivity contribution < 1.29 is 28.2 Å². The van der Waals surface area contributed by atoms with E-state index in [1.807, 2.05) is 0 Å². The Morgan fingerprint density at radius 1 is 1.44 bits per heavy atom. The van der Waals surface area contributed by atoms with Gasteiger partial charge in [-0.15, -0.1) is 0 Å². The number of alkyl halides is 2. The molecule has 0 aromatic heterocycles. The van der Waals surface area contributed by atoms with Crippen LogP contribution < -0.4 is 10.1 Å². The van der Waals surface area contributed by atoms with Gasteiger partial charge in [0.05, 0.1) is 12.5 Å². The number of para-hydroxylation sites is 1. The topological polar surface area (TPSA) is 75.6 Å². The van der Waals surface area contributed by atoms with Crippen molar-refractivity contribution in [3.63, 3.8) is 0 Å². The fourth-order valence-electron chi connectivity index (χ4n) is 1.49. The third-order valence-electron chi connectivity index (χ3n) is 2.16. The van der Waals surface area contributed by atoms with E-state index in [1.165, 1.54) is 24.3 Å². The Labute approximate surface area is 101 Å². The molecule has 1 aromatic carbocycles. The van der Waals surface area contributed by atoms with E-state index in [1.54, 1.807) is 0 Å². The highest BCUT2D eigenvalue weighted by Gasteiger charge is 2.20.